The average molecular weight is 975 g/mol. The van der Waals surface area contributed by atoms with Gasteiger partial charge in [-0.1, -0.05) is 113 Å². The standard InChI is InChI=1S/C53H57N5O.Pt/c1-33-23-39(24-34(2)55-33)57-32-56(46-20-16-36(28-48(46)57)51(6,7)8)40-25-38(53(12,13)14)26-42(30-40)59-41-17-18-43-44-27-35(50(3,4)5)15-19-45(44)58(47(43)31-41)49-29-37(21-22-54-49)52(9,10)11;/h15-29H,1-14H3;/q-2;. The van der Waals surface area contributed by atoms with Gasteiger partial charge in [0.1, 0.15) is 5.82 Å². The van der Waals surface area contributed by atoms with Gasteiger partial charge < -0.3 is 13.9 Å². The van der Waals surface area contributed by atoms with Crippen LogP contribution in [0.1, 0.15) is 117 Å². The molecular weight excluding hydrogens is 918 g/mol. The molecular formula is C53H57N5OPt-2. The number of pyridine rings is 2. The fraction of sp³-hybridized carbons (Fsp3) is 0.340. The van der Waals surface area contributed by atoms with E-state index in [0.717, 1.165) is 61.6 Å². The molecule has 0 aliphatic rings. The van der Waals surface area contributed by atoms with Crippen molar-refractivity contribution < 1.29 is 30.4 Å². The number of aromatic nitrogens is 5. The molecule has 0 N–H and O–H groups in total. The maximum Gasteiger partial charge on any atom is 0.268 e. The fourth-order valence-corrected chi connectivity index (χ4v) is 7.84. The third-order valence-corrected chi connectivity index (χ3v) is 11.4. The van der Waals surface area contributed by atoms with E-state index >= 15 is 0 Å². The van der Waals surface area contributed by atoms with E-state index in [0.29, 0.717) is 11.5 Å². The van der Waals surface area contributed by atoms with Crippen molar-refractivity contribution in [3.8, 4) is 28.7 Å². The molecule has 0 aliphatic carbocycles. The molecule has 0 unspecified atom stereocenters. The third-order valence-electron chi connectivity index (χ3n) is 11.4. The molecule has 8 rings (SSSR count). The normalized spacial score (nSPS) is 12.7. The Morgan fingerprint density at radius 1 is 0.567 bits per heavy atom. The van der Waals surface area contributed by atoms with Crippen LogP contribution in [-0.4, -0.2) is 19.1 Å². The van der Waals surface area contributed by atoms with Gasteiger partial charge in [0.25, 0.3) is 6.33 Å². The molecule has 0 bridgehead atoms. The molecule has 4 aromatic heterocycles. The number of aryl methyl sites for hydroxylation is 2. The topological polar surface area (TPSA) is 48.8 Å². The molecule has 0 spiro atoms. The molecule has 0 radical (unpaired) electrons. The Balaban J connectivity index is 0.00000544. The molecule has 0 fully saturated rings. The number of ether oxygens (including phenoxy) is 1. The molecule has 4 aromatic carbocycles. The van der Waals surface area contributed by atoms with Crippen LogP contribution < -0.4 is 9.30 Å². The molecule has 60 heavy (non-hydrogen) atoms. The van der Waals surface area contributed by atoms with Gasteiger partial charge in [0.15, 0.2) is 0 Å². The SMILES string of the molecule is Cc1cc(-[n+]2[c-]n(-c3[c-]c(Oc4[c-]c5c(cc4)c4cc(C(C)(C)C)ccc4n5-c4cc(C(C)(C)C)ccn4)cc(C(C)(C)C)c3)c3ccc(C(C)(C)C)cc32)cc(C)n1.[Pt]. The van der Waals surface area contributed by atoms with Gasteiger partial charge >= 0.3 is 0 Å². The van der Waals surface area contributed by atoms with E-state index < -0.39 is 0 Å². The molecule has 6 nitrogen and oxygen atoms in total. The van der Waals surface area contributed by atoms with Gasteiger partial charge in [-0.05, 0) is 99.7 Å². The Morgan fingerprint density at radius 3 is 1.80 bits per heavy atom. The molecule has 4 heterocycles. The number of benzene rings is 4. The molecule has 0 atom stereocenters. The van der Waals surface area contributed by atoms with Crippen LogP contribution in [0.2, 0.25) is 0 Å². The number of hydrogen-bond acceptors (Lipinski definition) is 3. The quantitative estimate of drug-likeness (QED) is 0.128. The van der Waals surface area contributed by atoms with Crippen molar-refractivity contribution in [3.63, 3.8) is 0 Å². The van der Waals surface area contributed by atoms with Gasteiger partial charge in [-0.3, -0.25) is 9.55 Å². The molecule has 8 aromatic rings. The van der Waals surface area contributed by atoms with Crippen molar-refractivity contribution in [2.75, 3.05) is 0 Å². The van der Waals surface area contributed by atoms with Crippen LogP contribution in [0.15, 0.2) is 91.1 Å². The van der Waals surface area contributed by atoms with Gasteiger partial charge in [-0.2, -0.15) is 17.7 Å². The van der Waals surface area contributed by atoms with Crippen molar-refractivity contribution in [1.82, 2.24) is 19.1 Å². The fourth-order valence-electron chi connectivity index (χ4n) is 7.84. The summed E-state index contributed by atoms with van der Waals surface area (Å²) in [6.45, 7) is 31.0. The molecule has 7 heteroatoms. The van der Waals surface area contributed by atoms with E-state index in [4.69, 9.17) is 9.72 Å². The first-order valence-electron chi connectivity index (χ1n) is 20.7. The summed E-state index contributed by atoms with van der Waals surface area (Å²) in [6, 6.07) is 37.9. The average Bonchev–Trinajstić information content (AvgIpc) is 3.68. The van der Waals surface area contributed by atoms with Crippen LogP contribution in [0.25, 0.3) is 50.0 Å². The van der Waals surface area contributed by atoms with E-state index in [1.54, 1.807) is 0 Å². The first-order chi connectivity index (χ1) is 27.5. The summed E-state index contributed by atoms with van der Waals surface area (Å²) in [5.41, 5.74) is 12.5. The van der Waals surface area contributed by atoms with E-state index in [1.165, 1.54) is 22.1 Å². The smallest absolute Gasteiger partial charge is 0.268 e. The van der Waals surface area contributed by atoms with Crippen molar-refractivity contribution >= 4 is 32.8 Å². The van der Waals surface area contributed by atoms with Gasteiger partial charge in [-0.15, -0.1) is 29.7 Å². The van der Waals surface area contributed by atoms with E-state index in [-0.39, 0.29) is 42.7 Å². The van der Waals surface area contributed by atoms with E-state index in [9.17, 15) is 0 Å². The first kappa shape index (κ1) is 43.0. The minimum atomic E-state index is -0.172. The maximum absolute atomic E-state index is 6.84. The zero-order valence-electron chi connectivity index (χ0n) is 37.6. The zero-order chi connectivity index (χ0) is 42.4. The van der Waals surface area contributed by atoms with Crippen LogP contribution in [0.4, 0.5) is 0 Å². The summed E-state index contributed by atoms with van der Waals surface area (Å²) in [4.78, 5) is 9.59. The Kier molecular flexibility index (Phi) is 10.9. The zero-order valence-corrected chi connectivity index (χ0v) is 39.9. The van der Waals surface area contributed by atoms with Crippen LogP contribution >= 0.6 is 0 Å². The number of rotatable bonds is 5. The second-order valence-electron chi connectivity index (χ2n) is 20.4. The summed E-state index contributed by atoms with van der Waals surface area (Å²) in [6.07, 6.45) is 5.64. The van der Waals surface area contributed by atoms with E-state index in [2.05, 4.69) is 199 Å². The number of hydrogen-bond donors (Lipinski definition) is 0. The van der Waals surface area contributed by atoms with E-state index in [1.807, 2.05) is 26.1 Å². The molecule has 0 amide bonds. The Bertz CT molecular complexity index is 2900. The number of nitrogens with zero attached hydrogens (tertiary/aromatic N) is 5. The molecule has 0 aliphatic heterocycles. The number of fused-ring (bicyclic) bond motifs is 4. The molecule has 0 saturated heterocycles. The van der Waals surface area contributed by atoms with Gasteiger partial charge in [0.2, 0.25) is 0 Å². The Morgan fingerprint density at radius 2 is 1.17 bits per heavy atom. The van der Waals surface area contributed by atoms with Crippen LogP contribution in [-0.2, 0) is 42.7 Å². The summed E-state index contributed by atoms with van der Waals surface area (Å²) in [5.74, 6) is 2.07. The Hall–Kier alpha value is -5.06. The molecule has 0 saturated carbocycles. The minimum Gasteiger partial charge on any atom is -0.510 e. The van der Waals surface area contributed by atoms with Crippen LogP contribution in [0.3, 0.4) is 0 Å². The second kappa shape index (κ2) is 15.1. The van der Waals surface area contributed by atoms with Crippen molar-refractivity contribution in [2.45, 2.75) is 119 Å². The minimum absolute atomic E-state index is 0. The largest absolute Gasteiger partial charge is 0.510 e. The van der Waals surface area contributed by atoms with Crippen molar-refractivity contribution in [2.24, 2.45) is 0 Å². The summed E-state index contributed by atoms with van der Waals surface area (Å²) in [5, 5.41) is 2.27. The van der Waals surface area contributed by atoms with Crippen molar-refractivity contribution in [3.05, 3.63) is 143 Å². The predicted octanol–water partition coefficient (Wildman–Crippen LogP) is 12.8. The van der Waals surface area contributed by atoms with Gasteiger partial charge in [0.05, 0.1) is 16.7 Å². The Labute approximate surface area is 370 Å². The first-order valence-corrected chi connectivity index (χ1v) is 20.7. The number of imidazole rings is 1. The van der Waals surface area contributed by atoms with Gasteiger partial charge in [0, 0.05) is 55.7 Å². The monoisotopic (exact) mass is 974 g/mol. The molecule has 312 valence electrons. The summed E-state index contributed by atoms with van der Waals surface area (Å²) in [7, 11) is 0. The van der Waals surface area contributed by atoms with Crippen LogP contribution in [0, 0.1) is 32.3 Å². The third kappa shape index (κ3) is 8.20. The summed E-state index contributed by atoms with van der Waals surface area (Å²) >= 11 is 0. The van der Waals surface area contributed by atoms with Crippen molar-refractivity contribution in [1.29, 1.82) is 0 Å². The van der Waals surface area contributed by atoms with Gasteiger partial charge in [-0.25, -0.2) is 4.98 Å². The maximum atomic E-state index is 6.84. The second-order valence-corrected chi connectivity index (χ2v) is 20.4. The predicted molar refractivity (Wildman–Crippen MR) is 242 cm³/mol. The van der Waals surface area contributed by atoms with Crippen LogP contribution in [0.5, 0.6) is 11.5 Å². The summed E-state index contributed by atoms with van der Waals surface area (Å²) < 4.78 is 13.3.